The molecule has 18 heavy (non-hydrogen) atoms. The Bertz CT molecular complexity index is 564. The van der Waals surface area contributed by atoms with E-state index in [4.69, 9.17) is 0 Å². The lowest BCUT2D eigenvalue weighted by Crippen LogP contribution is -1.90. The van der Waals surface area contributed by atoms with Crippen LogP contribution in [0.15, 0.2) is 64.8 Å². The van der Waals surface area contributed by atoms with Crippen LogP contribution in [0.5, 0.6) is 0 Å². The second kappa shape index (κ2) is 5.72. The Kier molecular flexibility index (Phi) is 3.81. The molecule has 0 aliphatic rings. The maximum absolute atomic E-state index is 10.8. The van der Waals surface area contributed by atoms with Crippen molar-refractivity contribution in [2.24, 2.45) is 10.2 Å². The van der Waals surface area contributed by atoms with E-state index in [1.807, 2.05) is 48.5 Å². The zero-order valence-electron chi connectivity index (χ0n) is 10.00. The van der Waals surface area contributed by atoms with Crippen LogP contribution in [0.2, 0.25) is 0 Å². The number of amides is 1. The fraction of sp³-hybridized carbons (Fsp3) is 0.0714. The van der Waals surface area contributed by atoms with Crippen LogP contribution in [0, 0.1) is 0 Å². The standard InChI is InChI=1S/C14H13N3O/c1-11(18)16-17-14-10-6-5-9-13(14)15-12-7-3-2-4-8-12/h2-10,15H,1H3. The van der Waals surface area contributed by atoms with Gasteiger partial charge in [0, 0.05) is 12.6 Å². The summed E-state index contributed by atoms with van der Waals surface area (Å²) in [7, 11) is 0. The Morgan fingerprint density at radius 3 is 2.39 bits per heavy atom. The SMILES string of the molecule is CC(=O)N=Nc1ccccc1Nc1ccccc1. The third kappa shape index (κ3) is 3.25. The zero-order valence-corrected chi connectivity index (χ0v) is 10.00. The van der Waals surface area contributed by atoms with E-state index in [2.05, 4.69) is 15.5 Å². The molecule has 2 aromatic rings. The van der Waals surface area contributed by atoms with Crippen molar-refractivity contribution < 1.29 is 4.79 Å². The number of para-hydroxylation sites is 2. The van der Waals surface area contributed by atoms with Gasteiger partial charge in [-0.2, -0.15) is 0 Å². The van der Waals surface area contributed by atoms with Gasteiger partial charge in [0.15, 0.2) is 0 Å². The number of rotatable bonds is 3. The van der Waals surface area contributed by atoms with Crippen molar-refractivity contribution in [1.82, 2.24) is 0 Å². The molecule has 0 saturated heterocycles. The molecule has 0 heterocycles. The number of anilines is 2. The van der Waals surface area contributed by atoms with Crippen LogP contribution in [0.25, 0.3) is 0 Å². The summed E-state index contributed by atoms with van der Waals surface area (Å²) in [6.45, 7) is 1.37. The lowest BCUT2D eigenvalue weighted by Gasteiger charge is -2.07. The molecule has 0 radical (unpaired) electrons. The van der Waals surface area contributed by atoms with Gasteiger partial charge in [-0.05, 0) is 24.3 Å². The largest absolute Gasteiger partial charge is 0.354 e. The molecule has 0 unspecified atom stereocenters. The highest BCUT2D eigenvalue weighted by atomic mass is 16.1. The van der Waals surface area contributed by atoms with Crippen LogP contribution in [0.4, 0.5) is 17.1 Å². The third-order valence-corrected chi connectivity index (χ3v) is 2.26. The lowest BCUT2D eigenvalue weighted by molar-refractivity contribution is -0.116. The summed E-state index contributed by atoms with van der Waals surface area (Å²) in [6.07, 6.45) is 0. The molecule has 2 aromatic carbocycles. The number of carbonyl (C=O) groups is 1. The summed E-state index contributed by atoms with van der Waals surface area (Å²) >= 11 is 0. The Balaban J connectivity index is 2.25. The Labute approximate surface area is 105 Å². The average Bonchev–Trinajstić information content (AvgIpc) is 2.39. The molecular formula is C14H13N3O. The predicted molar refractivity (Wildman–Crippen MR) is 71.4 cm³/mol. The topological polar surface area (TPSA) is 53.8 Å². The number of hydrogen-bond donors (Lipinski definition) is 1. The van der Waals surface area contributed by atoms with Crippen LogP contribution in [0.3, 0.4) is 0 Å². The van der Waals surface area contributed by atoms with Gasteiger partial charge >= 0.3 is 0 Å². The monoisotopic (exact) mass is 239 g/mol. The first-order valence-corrected chi connectivity index (χ1v) is 5.59. The van der Waals surface area contributed by atoms with Gasteiger partial charge in [-0.3, -0.25) is 4.79 Å². The summed E-state index contributed by atoms with van der Waals surface area (Å²) in [6, 6.07) is 17.2. The van der Waals surface area contributed by atoms with E-state index >= 15 is 0 Å². The van der Waals surface area contributed by atoms with Crippen LogP contribution in [-0.2, 0) is 4.79 Å². The normalized spacial score (nSPS) is 10.5. The summed E-state index contributed by atoms with van der Waals surface area (Å²) < 4.78 is 0. The molecule has 0 spiro atoms. The molecule has 90 valence electrons. The number of nitrogens with zero attached hydrogens (tertiary/aromatic N) is 2. The van der Waals surface area contributed by atoms with Crippen molar-refractivity contribution in [2.45, 2.75) is 6.92 Å². The van der Waals surface area contributed by atoms with Gasteiger partial charge in [-0.15, -0.1) is 10.2 Å². The average molecular weight is 239 g/mol. The molecule has 0 atom stereocenters. The smallest absolute Gasteiger partial charge is 0.261 e. The van der Waals surface area contributed by atoms with Gasteiger partial charge in [-0.25, -0.2) is 0 Å². The first kappa shape index (κ1) is 12.0. The van der Waals surface area contributed by atoms with Crippen molar-refractivity contribution >= 4 is 23.0 Å². The second-order valence-corrected chi connectivity index (χ2v) is 3.73. The fourth-order valence-electron chi connectivity index (χ4n) is 1.47. The molecule has 1 N–H and O–H groups in total. The lowest BCUT2D eigenvalue weighted by atomic mass is 10.2. The van der Waals surface area contributed by atoms with E-state index in [0.717, 1.165) is 11.4 Å². The van der Waals surface area contributed by atoms with Crippen molar-refractivity contribution in [1.29, 1.82) is 0 Å². The van der Waals surface area contributed by atoms with Gasteiger partial charge in [0.05, 0.1) is 5.69 Å². The van der Waals surface area contributed by atoms with Crippen molar-refractivity contribution in [2.75, 3.05) is 5.32 Å². The zero-order chi connectivity index (χ0) is 12.8. The highest BCUT2D eigenvalue weighted by Crippen LogP contribution is 2.27. The third-order valence-electron chi connectivity index (χ3n) is 2.26. The van der Waals surface area contributed by atoms with Gasteiger partial charge in [0.25, 0.3) is 5.91 Å². The van der Waals surface area contributed by atoms with E-state index in [1.54, 1.807) is 6.07 Å². The quantitative estimate of drug-likeness (QED) is 0.821. The summed E-state index contributed by atoms with van der Waals surface area (Å²) in [5, 5.41) is 10.7. The summed E-state index contributed by atoms with van der Waals surface area (Å²) in [5.41, 5.74) is 2.41. The van der Waals surface area contributed by atoms with Crippen LogP contribution in [-0.4, -0.2) is 5.91 Å². The number of azo groups is 1. The molecule has 0 aliphatic carbocycles. The maximum Gasteiger partial charge on any atom is 0.261 e. The van der Waals surface area contributed by atoms with Crippen molar-refractivity contribution in [3.63, 3.8) is 0 Å². The first-order valence-electron chi connectivity index (χ1n) is 5.59. The molecule has 1 amide bonds. The molecule has 4 nitrogen and oxygen atoms in total. The van der Waals surface area contributed by atoms with Gasteiger partial charge < -0.3 is 5.32 Å². The first-order chi connectivity index (χ1) is 8.75. The number of nitrogens with one attached hydrogen (secondary N) is 1. The van der Waals surface area contributed by atoms with Crippen LogP contribution in [0.1, 0.15) is 6.92 Å². The Morgan fingerprint density at radius 1 is 1.00 bits per heavy atom. The predicted octanol–water partition coefficient (Wildman–Crippen LogP) is 4.06. The number of carbonyl (C=O) groups excluding carboxylic acids is 1. The molecule has 0 aliphatic heterocycles. The highest BCUT2D eigenvalue weighted by molar-refractivity contribution is 5.75. The van der Waals surface area contributed by atoms with E-state index in [9.17, 15) is 4.79 Å². The van der Waals surface area contributed by atoms with Crippen molar-refractivity contribution in [3.05, 3.63) is 54.6 Å². The van der Waals surface area contributed by atoms with Crippen LogP contribution >= 0.6 is 0 Å². The minimum atomic E-state index is -0.315. The minimum Gasteiger partial charge on any atom is -0.354 e. The molecule has 0 fully saturated rings. The fourth-order valence-corrected chi connectivity index (χ4v) is 1.47. The van der Waals surface area contributed by atoms with Gasteiger partial charge in [0.2, 0.25) is 0 Å². The van der Waals surface area contributed by atoms with E-state index < -0.39 is 0 Å². The van der Waals surface area contributed by atoms with Crippen LogP contribution < -0.4 is 5.32 Å². The van der Waals surface area contributed by atoms with E-state index in [1.165, 1.54) is 6.92 Å². The molecular weight excluding hydrogens is 226 g/mol. The van der Waals surface area contributed by atoms with E-state index in [0.29, 0.717) is 5.69 Å². The van der Waals surface area contributed by atoms with Gasteiger partial charge in [0.1, 0.15) is 5.69 Å². The molecule has 0 aromatic heterocycles. The molecule has 0 saturated carbocycles. The molecule has 0 bridgehead atoms. The number of benzene rings is 2. The molecule has 4 heteroatoms. The maximum atomic E-state index is 10.8. The summed E-state index contributed by atoms with van der Waals surface area (Å²) in [4.78, 5) is 10.8. The number of hydrogen-bond acceptors (Lipinski definition) is 3. The minimum absolute atomic E-state index is 0.315. The van der Waals surface area contributed by atoms with E-state index in [-0.39, 0.29) is 5.91 Å². The highest BCUT2D eigenvalue weighted by Gasteiger charge is 2.01. The Hall–Kier alpha value is -2.49. The molecule has 2 rings (SSSR count). The summed E-state index contributed by atoms with van der Waals surface area (Å²) in [5.74, 6) is -0.315. The van der Waals surface area contributed by atoms with Crippen molar-refractivity contribution in [3.8, 4) is 0 Å². The Morgan fingerprint density at radius 2 is 1.67 bits per heavy atom. The second-order valence-electron chi connectivity index (χ2n) is 3.73. The van der Waals surface area contributed by atoms with Gasteiger partial charge in [-0.1, -0.05) is 30.3 Å².